The second kappa shape index (κ2) is 5.99. The highest BCUT2D eigenvalue weighted by atomic mass is 16.2. The summed E-state index contributed by atoms with van der Waals surface area (Å²) in [5, 5.41) is 0. The molecule has 0 radical (unpaired) electrons. The number of hydrogen-bond donors (Lipinski definition) is 0. The lowest BCUT2D eigenvalue weighted by molar-refractivity contribution is -0.126. The third kappa shape index (κ3) is 2.91. The minimum absolute atomic E-state index is 0.0480. The van der Waals surface area contributed by atoms with Crippen LogP contribution in [0.5, 0.6) is 0 Å². The van der Waals surface area contributed by atoms with Gasteiger partial charge in [-0.3, -0.25) is 24.1 Å². The summed E-state index contributed by atoms with van der Waals surface area (Å²) in [6.07, 6.45) is 0.641. The van der Waals surface area contributed by atoms with Gasteiger partial charge in [-0.05, 0) is 25.5 Å². The highest BCUT2D eigenvalue weighted by Crippen LogP contribution is 2.22. The first-order chi connectivity index (χ1) is 9.95. The van der Waals surface area contributed by atoms with Gasteiger partial charge in [-0.1, -0.05) is 19.1 Å². The molecule has 1 heterocycles. The number of carbonyl (C=O) groups is 4. The maximum Gasteiger partial charge on any atom is 0.261 e. The van der Waals surface area contributed by atoms with E-state index >= 15 is 0 Å². The number of amides is 2. The predicted molar refractivity (Wildman–Crippen MR) is 75.9 cm³/mol. The molecule has 2 amide bonds. The van der Waals surface area contributed by atoms with Crippen LogP contribution in [0.4, 0.5) is 0 Å². The van der Waals surface area contributed by atoms with Crippen LogP contribution >= 0.6 is 0 Å². The standard InChI is InChI=1S/C16H17NO4/c1-3-11(10(2)18)8-12(19)9-17-15(20)13-6-4-5-7-14(13)16(17)21/h4-7,11H,3,8-9H2,1-2H3. The summed E-state index contributed by atoms with van der Waals surface area (Å²) in [7, 11) is 0. The molecule has 0 saturated carbocycles. The van der Waals surface area contributed by atoms with E-state index in [9.17, 15) is 19.2 Å². The van der Waals surface area contributed by atoms with Crippen molar-refractivity contribution in [1.82, 2.24) is 4.90 Å². The van der Waals surface area contributed by atoms with E-state index in [-0.39, 0.29) is 30.4 Å². The van der Waals surface area contributed by atoms with E-state index in [1.54, 1.807) is 24.3 Å². The molecule has 21 heavy (non-hydrogen) atoms. The highest BCUT2D eigenvalue weighted by Gasteiger charge is 2.36. The molecule has 5 heteroatoms. The van der Waals surface area contributed by atoms with Crippen molar-refractivity contribution in [3.63, 3.8) is 0 Å². The van der Waals surface area contributed by atoms with E-state index in [2.05, 4.69) is 0 Å². The van der Waals surface area contributed by atoms with Crippen LogP contribution in [0.1, 0.15) is 47.4 Å². The number of carbonyl (C=O) groups excluding carboxylic acids is 4. The van der Waals surface area contributed by atoms with Crippen LogP contribution in [0.25, 0.3) is 0 Å². The molecule has 1 aliphatic heterocycles. The number of fused-ring (bicyclic) bond motifs is 1. The summed E-state index contributed by atoms with van der Waals surface area (Å²) in [4.78, 5) is 48.6. The molecular formula is C16H17NO4. The molecule has 0 spiro atoms. The van der Waals surface area contributed by atoms with Gasteiger partial charge in [-0.25, -0.2) is 0 Å². The minimum atomic E-state index is -0.445. The van der Waals surface area contributed by atoms with Gasteiger partial charge in [0.15, 0.2) is 5.78 Å². The van der Waals surface area contributed by atoms with Gasteiger partial charge in [0.25, 0.3) is 11.8 Å². The van der Waals surface area contributed by atoms with Crippen molar-refractivity contribution in [1.29, 1.82) is 0 Å². The Hall–Kier alpha value is -2.30. The summed E-state index contributed by atoms with van der Waals surface area (Å²) in [5.74, 6) is -1.55. The first kappa shape index (κ1) is 15.1. The van der Waals surface area contributed by atoms with Crippen molar-refractivity contribution in [3.05, 3.63) is 35.4 Å². The zero-order valence-corrected chi connectivity index (χ0v) is 12.1. The van der Waals surface area contributed by atoms with Crippen molar-refractivity contribution in [2.24, 2.45) is 5.92 Å². The topological polar surface area (TPSA) is 71.5 Å². The SMILES string of the molecule is CCC(CC(=O)CN1C(=O)c2ccccc2C1=O)C(C)=O. The number of imide groups is 1. The fourth-order valence-electron chi connectivity index (χ4n) is 2.47. The fraction of sp³-hybridized carbons (Fsp3) is 0.375. The molecular weight excluding hydrogens is 270 g/mol. The molecule has 2 rings (SSSR count). The number of rotatable bonds is 6. The molecule has 5 nitrogen and oxygen atoms in total. The van der Waals surface area contributed by atoms with Gasteiger partial charge in [-0.15, -0.1) is 0 Å². The predicted octanol–water partition coefficient (Wildman–Crippen LogP) is 1.86. The molecule has 1 atom stereocenters. The maximum atomic E-state index is 12.1. The Morgan fingerprint density at radius 1 is 1.10 bits per heavy atom. The molecule has 0 fully saturated rings. The lowest BCUT2D eigenvalue weighted by Crippen LogP contribution is -2.35. The van der Waals surface area contributed by atoms with Gasteiger partial charge < -0.3 is 0 Å². The highest BCUT2D eigenvalue weighted by molar-refractivity contribution is 6.22. The summed E-state index contributed by atoms with van der Waals surface area (Å²) < 4.78 is 0. The van der Waals surface area contributed by atoms with Crippen molar-refractivity contribution in [2.45, 2.75) is 26.7 Å². The van der Waals surface area contributed by atoms with Gasteiger partial charge in [0.1, 0.15) is 5.78 Å². The summed E-state index contributed by atoms with van der Waals surface area (Å²) >= 11 is 0. The van der Waals surface area contributed by atoms with E-state index in [4.69, 9.17) is 0 Å². The Balaban J connectivity index is 2.08. The average molecular weight is 287 g/mol. The number of Topliss-reactive ketones (excluding diaryl/α,β-unsaturated/α-hetero) is 2. The van der Waals surface area contributed by atoms with Crippen molar-refractivity contribution in [2.75, 3.05) is 6.54 Å². The van der Waals surface area contributed by atoms with E-state index < -0.39 is 11.8 Å². The third-order valence-electron chi connectivity index (χ3n) is 3.75. The molecule has 1 unspecified atom stereocenters. The van der Waals surface area contributed by atoms with E-state index in [0.29, 0.717) is 17.5 Å². The van der Waals surface area contributed by atoms with Crippen LogP contribution < -0.4 is 0 Å². The first-order valence-electron chi connectivity index (χ1n) is 6.93. The molecule has 1 aromatic carbocycles. The normalized spacial score (nSPS) is 15.0. The third-order valence-corrected chi connectivity index (χ3v) is 3.75. The van der Waals surface area contributed by atoms with Crippen LogP contribution in [0.2, 0.25) is 0 Å². The van der Waals surface area contributed by atoms with Crippen LogP contribution in [-0.2, 0) is 9.59 Å². The zero-order valence-electron chi connectivity index (χ0n) is 12.1. The monoisotopic (exact) mass is 287 g/mol. The Kier molecular flexibility index (Phi) is 4.31. The Morgan fingerprint density at radius 3 is 2.05 bits per heavy atom. The van der Waals surface area contributed by atoms with Crippen LogP contribution in [0.3, 0.4) is 0 Å². The van der Waals surface area contributed by atoms with E-state index in [1.807, 2.05) is 6.92 Å². The van der Waals surface area contributed by atoms with E-state index in [1.165, 1.54) is 6.92 Å². The first-order valence-corrected chi connectivity index (χ1v) is 6.93. The second-order valence-electron chi connectivity index (χ2n) is 5.20. The lowest BCUT2D eigenvalue weighted by atomic mass is 9.95. The molecule has 1 aliphatic rings. The zero-order chi connectivity index (χ0) is 15.6. The molecule has 0 bridgehead atoms. The number of hydrogen-bond acceptors (Lipinski definition) is 4. The minimum Gasteiger partial charge on any atom is -0.300 e. The lowest BCUT2D eigenvalue weighted by Gasteiger charge is -2.15. The largest absolute Gasteiger partial charge is 0.300 e. The molecule has 0 aromatic heterocycles. The van der Waals surface area contributed by atoms with Gasteiger partial charge in [0, 0.05) is 12.3 Å². The van der Waals surface area contributed by atoms with Crippen LogP contribution in [0, 0.1) is 5.92 Å². The maximum absolute atomic E-state index is 12.1. The van der Waals surface area contributed by atoms with Gasteiger partial charge in [0.05, 0.1) is 17.7 Å². The van der Waals surface area contributed by atoms with Crippen LogP contribution in [0.15, 0.2) is 24.3 Å². The summed E-state index contributed by atoms with van der Waals surface area (Å²) in [5.41, 5.74) is 0.655. The number of nitrogens with zero attached hydrogens (tertiary/aromatic N) is 1. The number of benzene rings is 1. The van der Waals surface area contributed by atoms with Crippen molar-refractivity contribution < 1.29 is 19.2 Å². The van der Waals surface area contributed by atoms with Gasteiger partial charge in [0.2, 0.25) is 0 Å². The molecule has 110 valence electrons. The quantitative estimate of drug-likeness (QED) is 0.749. The summed E-state index contributed by atoms with van der Waals surface area (Å²) in [6, 6.07) is 6.51. The average Bonchev–Trinajstić information content (AvgIpc) is 2.70. The molecule has 1 aromatic rings. The molecule has 0 aliphatic carbocycles. The van der Waals surface area contributed by atoms with E-state index in [0.717, 1.165) is 4.90 Å². The van der Waals surface area contributed by atoms with Gasteiger partial charge >= 0.3 is 0 Å². The number of ketones is 2. The van der Waals surface area contributed by atoms with Gasteiger partial charge in [-0.2, -0.15) is 0 Å². The Bertz CT molecular complexity index is 585. The molecule has 0 saturated heterocycles. The molecule has 0 N–H and O–H groups in total. The second-order valence-corrected chi connectivity index (χ2v) is 5.20. The Labute approximate surface area is 122 Å². The Morgan fingerprint density at radius 2 is 1.62 bits per heavy atom. The van der Waals surface area contributed by atoms with Crippen molar-refractivity contribution in [3.8, 4) is 0 Å². The van der Waals surface area contributed by atoms with Crippen LogP contribution in [-0.4, -0.2) is 34.8 Å². The summed E-state index contributed by atoms with van der Waals surface area (Å²) in [6.45, 7) is 3.01. The fourth-order valence-corrected chi connectivity index (χ4v) is 2.47. The van der Waals surface area contributed by atoms with Crippen molar-refractivity contribution >= 4 is 23.4 Å². The smallest absolute Gasteiger partial charge is 0.261 e.